The maximum atomic E-state index is 10.8. The van der Waals surface area contributed by atoms with E-state index in [0.29, 0.717) is 22.6 Å². The fourth-order valence-corrected chi connectivity index (χ4v) is 2.34. The molecule has 0 aliphatic heterocycles. The number of hydrogen-bond acceptors (Lipinski definition) is 4. The Balaban J connectivity index is 2.34. The average Bonchev–Trinajstić information content (AvgIpc) is 2.40. The molecule has 0 fully saturated rings. The second-order valence-electron chi connectivity index (χ2n) is 4.67. The summed E-state index contributed by atoms with van der Waals surface area (Å²) < 4.78 is 6.58. The van der Waals surface area contributed by atoms with Gasteiger partial charge in [0.2, 0.25) is 0 Å². The van der Waals surface area contributed by atoms with Gasteiger partial charge in [-0.3, -0.25) is 10.1 Å². The highest BCUT2D eigenvalue weighted by molar-refractivity contribution is 9.10. The molecule has 2 aromatic rings. The first kappa shape index (κ1) is 15.5. The minimum absolute atomic E-state index is 0.0499. The van der Waals surface area contributed by atoms with Crippen molar-refractivity contribution in [1.82, 2.24) is 0 Å². The molecule has 110 valence electrons. The normalized spacial score (nSPS) is 12.0. The van der Waals surface area contributed by atoms with Crippen LogP contribution in [-0.4, -0.2) is 10.0 Å². The molecule has 1 atom stereocenters. The molecule has 0 amide bonds. The van der Waals surface area contributed by atoms with Gasteiger partial charge in [-0.25, -0.2) is 0 Å². The van der Waals surface area contributed by atoms with Crippen LogP contribution in [-0.2, 0) is 0 Å². The number of ether oxygens (including phenoxy) is 1. The van der Waals surface area contributed by atoms with Crippen molar-refractivity contribution in [2.75, 3.05) is 0 Å². The van der Waals surface area contributed by atoms with Gasteiger partial charge in [0.1, 0.15) is 11.5 Å². The van der Waals surface area contributed by atoms with Crippen molar-refractivity contribution < 1.29 is 14.8 Å². The molecule has 0 heterocycles. The first-order valence-corrected chi connectivity index (χ1v) is 7.08. The molecular formula is C15H14BrNO4. The molecule has 0 spiro atoms. The zero-order valence-corrected chi connectivity index (χ0v) is 13.1. The van der Waals surface area contributed by atoms with E-state index in [0.717, 1.165) is 4.47 Å². The van der Waals surface area contributed by atoms with Gasteiger partial charge in [0, 0.05) is 21.7 Å². The van der Waals surface area contributed by atoms with Crippen molar-refractivity contribution in [2.24, 2.45) is 0 Å². The van der Waals surface area contributed by atoms with Gasteiger partial charge in [0.25, 0.3) is 5.69 Å². The van der Waals surface area contributed by atoms with Crippen LogP contribution < -0.4 is 4.74 Å². The van der Waals surface area contributed by atoms with E-state index in [-0.39, 0.29) is 5.69 Å². The maximum absolute atomic E-state index is 10.8. The van der Waals surface area contributed by atoms with Crippen LogP contribution in [0.5, 0.6) is 11.5 Å². The van der Waals surface area contributed by atoms with Crippen molar-refractivity contribution in [3.63, 3.8) is 0 Å². The largest absolute Gasteiger partial charge is 0.457 e. The van der Waals surface area contributed by atoms with Gasteiger partial charge in [-0.2, -0.15) is 0 Å². The second-order valence-corrected chi connectivity index (χ2v) is 5.58. The predicted molar refractivity (Wildman–Crippen MR) is 82.7 cm³/mol. The lowest BCUT2D eigenvalue weighted by molar-refractivity contribution is -0.385. The van der Waals surface area contributed by atoms with E-state index in [4.69, 9.17) is 4.74 Å². The molecule has 5 nitrogen and oxygen atoms in total. The van der Waals surface area contributed by atoms with E-state index in [1.165, 1.54) is 6.07 Å². The van der Waals surface area contributed by atoms with Crippen LogP contribution in [0, 0.1) is 17.0 Å². The van der Waals surface area contributed by atoms with Crippen LogP contribution in [0.3, 0.4) is 0 Å². The van der Waals surface area contributed by atoms with Crippen LogP contribution in [0.4, 0.5) is 5.69 Å². The Labute approximate surface area is 130 Å². The van der Waals surface area contributed by atoms with Crippen molar-refractivity contribution in [2.45, 2.75) is 20.0 Å². The van der Waals surface area contributed by atoms with Gasteiger partial charge < -0.3 is 9.84 Å². The molecule has 0 aromatic heterocycles. The van der Waals surface area contributed by atoms with E-state index >= 15 is 0 Å². The number of rotatable bonds is 4. The minimum Gasteiger partial charge on any atom is -0.457 e. The van der Waals surface area contributed by atoms with Crippen LogP contribution in [0.1, 0.15) is 24.2 Å². The summed E-state index contributed by atoms with van der Waals surface area (Å²) >= 11 is 3.35. The van der Waals surface area contributed by atoms with Gasteiger partial charge in [-0.05, 0) is 44.2 Å². The summed E-state index contributed by atoms with van der Waals surface area (Å²) in [5.74, 6) is 1.00. The summed E-state index contributed by atoms with van der Waals surface area (Å²) in [7, 11) is 0. The van der Waals surface area contributed by atoms with Gasteiger partial charge in [-0.15, -0.1) is 0 Å². The minimum atomic E-state index is -0.684. The lowest BCUT2D eigenvalue weighted by Crippen LogP contribution is -1.97. The van der Waals surface area contributed by atoms with Crippen LogP contribution in [0.2, 0.25) is 0 Å². The van der Waals surface area contributed by atoms with Crippen molar-refractivity contribution in [3.8, 4) is 11.5 Å². The Kier molecular flexibility index (Phi) is 4.59. The first-order valence-electron chi connectivity index (χ1n) is 6.29. The molecule has 0 bridgehead atoms. The topological polar surface area (TPSA) is 72.6 Å². The van der Waals surface area contributed by atoms with E-state index in [1.807, 2.05) is 0 Å². The van der Waals surface area contributed by atoms with Crippen LogP contribution >= 0.6 is 15.9 Å². The summed E-state index contributed by atoms with van der Waals surface area (Å²) in [5, 5.41) is 20.6. The molecule has 2 aromatic carbocycles. The monoisotopic (exact) mass is 351 g/mol. The van der Waals surface area contributed by atoms with Crippen LogP contribution in [0.25, 0.3) is 0 Å². The number of halogens is 1. The number of aryl methyl sites for hydroxylation is 1. The highest BCUT2D eigenvalue weighted by Gasteiger charge is 2.14. The Morgan fingerprint density at radius 2 is 2.00 bits per heavy atom. The number of benzene rings is 2. The number of hydrogen-bond donors (Lipinski definition) is 1. The number of aliphatic hydroxyl groups is 1. The van der Waals surface area contributed by atoms with Gasteiger partial charge in [0.05, 0.1) is 11.0 Å². The molecule has 0 aliphatic rings. The summed E-state index contributed by atoms with van der Waals surface area (Å²) in [5.41, 5.74) is 1.21. The van der Waals surface area contributed by atoms with Crippen molar-refractivity contribution in [3.05, 3.63) is 62.1 Å². The van der Waals surface area contributed by atoms with Crippen LogP contribution in [0.15, 0.2) is 40.9 Å². The Hall–Kier alpha value is -1.92. The molecule has 1 N–H and O–H groups in total. The van der Waals surface area contributed by atoms with Crippen molar-refractivity contribution >= 4 is 21.6 Å². The van der Waals surface area contributed by atoms with Crippen molar-refractivity contribution in [1.29, 1.82) is 0 Å². The third kappa shape index (κ3) is 3.59. The second kappa shape index (κ2) is 6.24. The lowest BCUT2D eigenvalue weighted by Gasteiger charge is -2.14. The molecule has 1 unspecified atom stereocenters. The summed E-state index contributed by atoms with van der Waals surface area (Å²) in [6, 6.07) is 9.87. The molecule has 2 rings (SSSR count). The molecule has 0 saturated carbocycles. The predicted octanol–water partition coefficient (Wildman–Crippen LogP) is 4.51. The van der Waals surface area contributed by atoms with Gasteiger partial charge >= 0.3 is 0 Å². The molecular weight excluding hydrogens is 338 g/mol. The molecule has 0 aliphatic carbocycles. The highest BCUT2D eigenvalue weighted by Crippen LogP contribution is 2.33. The summed E-state index contributed by atoms with van der Waals surface area (Å²) in [6.45, 7) is 3.30. The number of nitro groups is 1. The molecule has 21 heavy (non-hydrogen) atoms. The van der Waals surface area contributed by atoms with E-state index < -0.39 is 11.0 Å². The summed E-state index contributed by atoms with van der Waals surface area (Å²) in [6.07, 6.45) is -0.684. The Morgan fingerprint density at radius 3 is 2.57 bits per heavy atom. The highest BCUT2D eigenvalue weighted by atomic mass is 79.9. The Morgan fingerprint density at radius 1 is 1.29 bits per heavy atom. The quantitative estimate of drug-likeness (QED) is 0.649. The lowest BCUT2D eigenvalue weighted by atomic mass is 10.1. The molecule has 0 radical (unpaired) electrons. The smallest absolute Gasteiger partial charge is 0.272 e. The molecule has 0 saturated heterocycles. The SMILES string of the molecule is Cc1cc(Oc2ccc(Br)cc2C(C)O)ccc1[N+](=O)[O-]. The third-order valence-electron chi connectivity index (χ3n) is 3.01. The first-order chi connectivity index (χ1) is 9.88. The molecule has 6 heteroatoms. The zero-order chi connectivity index (χ0) is 15.6. The van der Waals surface area contributed by atoms with E-state index in [9.17, 15) is 15.2 Å². The fourth-order valence-electron chi connectivity index (χ4n) is 1.96. The number of nitrogens with zero attached hydrogens (tertiary/aromatic N) is 1. The fraction of sp³-hybridized carbons (Fsp3) is 0.200. The Bertz CT molecular complexity index is 685. The zero-order valence-electron chi connectivity index (χ0n) is 11.5. The average molecular weight is 352 g/mol. The van der Waals surface area contributed by atoms with E-state index in [1.54, 1.807) is 44.2 Å². The van der Waals surface area contributed by atoms with E-state index in [2.05, 4.69) is 15.9 Å². The summed E-state index contributed by atoms with van der Waals surface area (Å²) in [4.78, 5) is 10.4. The van der Waals surface area contributed by atoms with Gasteiger partial charge in [-0.1, -0.05) is 15.9 Å². The third-order valence-corrected chi connectivity index (χ3v) is 3.51. The maximum Gasteiger partial charge on any atom is 0.272 e. The number of nitro benzene ring substituents is 1. The van der Waals surface area contributed by atoms with Gasteiger partial charge in [0.15, 0.2) is 0 Å². The standard InChI is InChI=1S/C15H14BrNO4/c1-9-7-12(4-5-14(9)17(19)20)21-15-6-3-11(16)8-13(15)10(2)18/h3-8,10,18H,1-2H3. The number of aliphatic hydroxyl groups excluding tert-OH is 1.